The fourth-order valence-corrected chi connectivity index (χ4v) is 5.43. The van der Waals surface area contributed by atoms with Gasteiger partial charge in [-0.15, -0.1) is 0 Å². The molecule has 2 aliphatic rings. The number of para-hydroxylation sites is 2. The molecule has 7 nitrogen and oxygen atoms in total. The Morgan fingerprint density at radius 1 is 1.09 bits per heavy atom. The maximum Gasteiger partial charge on any atom is 0.259 e. The lowest BCUT2D eigenvalue weighted by Gasteiger charge is -2.38. The molecule has 2 aromatic heterocycles. The number of rotatable bonds is 3. The first kappa shape index (κ1) is 21.2. The Labute approximate surface area is 205 Å². The largest absolute Gasteiger partial charge is 0.492 e. The summed E-state index contributed by atoms with van der Waals surface area (Å²) in [6.45, 7) is 4.05. The lowest BCUT2D eigenvalue weighted by molar-refractivity contribution is 0.0646. The van der Waals surface area contributed by atoms with Gasteiger partial charge in [-0.1, -0.05) is 36.4 Å². The summed E-state index contributed by atoms with van der Waals surface area (Å²) in [6, 6.07) is 16.3. The normalized spacial score (nSPS) is 16.5. The van der Waals surface area contributed by atoms with Crippen molar-refractivity contribution in [2.75, 3.05) is 25.0 Å². The quantitative estimate of drug-likeness (QED) is 0.408. The molecule has 4 heterocycles. The summed E-state index contributed by atoms with van der Waals surface area (Å²) < 4.78 is 8.45. The van der Waals surface area contributed by atoms with Gasteiger partial charge in [-0.2, -0.15) is 9.61 Å². The summed E-state index contributed by atoms with van der Waals surface area (Å²) in [4.78, 5) is 20.2. The van der Waals surface area contributed by atoms with Crippen LogP contribution in [0.2, 0.25) is 0 Å². The van der Waals surface area contributed by atoms with Gasteiger partial charge in [-0.3, -0.25) is 4.79 Å². The highest BCUT2D eigenvalue weighted by Crippen LogP contribution is 2.45. The molecule has 0 unspecified atom stereocenters. The van der Waals surface area contributed by atoms with Gasteiger partial charge in [0.15, 0.2) is 5.65 Å². The zero-order valence-electron chi connectivity index (χ0n) is 18.8. The molecule has 1 amide bonds. The molecule has 0 aliphatic carbocycles. The van der Waals surface area contributed by atoms with Gasteiger partial charge in [-0.25, -0.2) is 4.98 Å². The van der Waals surface area contributed by atoms with Crippen LogP contribution in [0.3, 0.4) is 0 Å². The van der Waals surface area contributed by atoms with Gasteiger partial charge in [0, 0.05) is 36.0 Å². The van der Waals surface area contributed by atoms with E-state index in [2.05, 4.69) is 43.5 Å². The zero-order chi connectivity index (χ0) is 23.3. The van der Waals surface area contributed by atoms with E-state index in [-0.39, 0.29) is 11.3 Å². The number of piperidine rings is 1. The summed E-state index contributed by atoms with van der Waals surface area (Å²) in [6.07, 6.45) is 5.10. The van der Waals surface area contributed by atoms with Crippen molar-refractivity contribution in [3.63, 3.8) is 0 Å². The van der Waals surface area contributed by atoms with E-state index in [9.17, 15) is 4.79 Å². The van der Waals surface area contributed by atoms with Crippen LogP contribution in [0.25, 0.3) is 5.65 Å². The number of nitrogens with zero attached hydrogens (tertiary/aromatic N) is 4. The van der Waals surface area contributed by atoms with Crippen LogP contribution in [-0.2, 0) is 5.41 Å². The highest BCUT2D eigenvalue weighted by atomic mass is 79.9. The van der Waals surface area contributed by atoms with Crippen molar-refractivity contribution < 1.29 is 9.53 Å². The first-order valence-corrected chi connectivity index (χ1v) is 12.2. The van der Waals surface area contributed by atoms with E-state index in [0.29, 0.717) is 36.7 Å². The summed E-state index contributed by atoms with van der Waals surface area (Å²) in [5, 5.41) is 7.92. The zero-order valence-corrected chi connectivity index (χ0v) is 20.4. The Morgan fingerprint density at radius 3 is 2.68 bits per heavy atom. The topological polar surface area (TPSA) is 71.8 Å². The van der Waals surface area contributed by atoms with Gasteiger partial charge in [-0.05, 0) is 53.4 Å². The Bertz CT molecular complexity index is 1410. The molecule has 172 valence electrons. The third-order valence-corrected chi connectivity index (χ3v) is 7.64. The average Bonchev–Trinajstić information content (AvgIpc) is 3.42. The van der Waals surface area contributed by atoms with E-state index in [1.54, 1.807) is 16.9 Å². The Kier molecular flexibility index (Phi) is 5.06. The molecule has 0 atom stereocenters. The number of ether oxygens (including phenoxy) is 1. The fraction of sp³-hybridized carbons (Fsp3) is 0.269. The number of carbonyl (C=O) groups excluding carboxylic acids is 1. The Hall–Kier alpha value is -3.39. The van der Waals surface area contributed by atoms with Gasteiger partial charge in [0.25, 0.3) is 5.91 Å². The molecule has 2 aromatic carbocycles. The molecular formula is C26H24BrN5O2. The van der Waals surface area contributed by atoms with Gasteiger partial charge in [0.1, 0.15) is 17.1 Å². The van der Waals surface area contributed by atoms with Crippen LogP contribution in [0, 0.1) is 6.92 Å². The number of carbonyl (C=O) groups is 1. The number of aryl methyl sites for hydroxylation is 1. The number of hydrogen-bond donors (Lipinski definition) is 1. The highest BCUT2D eigenvalue weighted by Gasteiger charge is 2.44. The molecule has 34 heavy (non-hydrogen) atoms. The molecule has 6 rings (SSSR count). The fourth-order valence-electron chi connectivity index (χ4n) is 5.07. The van der Waals surface area contributed by atoms with E-state index in [4.69, 9.17) is 4.74 Å². The van der Waals surface area contributed by atoms with Crippen molar-refractivity contribution in [2.24, 2.45) is 0 Å². The second-order valence-electron chi connectivity index (χ2n) is 9.05. The minimum absolute atomic E-state index is 0.00927. The second kappa shape index (κ2) is 8.13. The van der Waals surface area contributed by atoms with Crippen LogP contribution in [0.15, 0.2) is 65.4 Å². The summed E-state index contributed by atoms with van der Waals surface area (Å²) in [5.41, 5.74) is 4.43. The van der Waals surface area contributed by atoms with Gasteiger partial charge in [0.2, 0.25) is 0 Å². The first-order valence-electron chi connectivity index (χ1n) is 11.4. The molecular weight excluding hydrogens is 494 g/mol. The van der Waals surface area contributed by atoms with Crippen LogP contribution >= 0.6 is 15.9 Å². The van der Waals surface area contributed by atoms with Crippen molar-refractivity contribution in [2.45, 2.75) is 25.2 Å². The number of hydrogen-bond acceptors (Lipinski definition) is 5. The smallest absolute Gasteiger partial charge is 0.259 e. The predicted molar refractivity (Wildman–Crippen MR) is 134 cm³/mol. The number of anilines is 2. The van der Waals surface area contributed by atoms with E-state index in [1.165, 1.54) is 5.56 Å². The molecule has 1 fully saturated rings. The second-order valence-corrected chi connectivity index (χ2v) is 9.90. The van der Waals surface area contributed by atoms with Crippen molar-refractivity contribution in [3.8, 4) is 5.75 Å². The third kappa shape index (κ3) is 3.36. The molecule has 4 aromatic rings. The number of halogens is 1. The maximum absolute atomic E-state index is 13.8. The number of fused-ring (bicyclic) bond motifs is 3. The van der Waals surface area contributed by atoms with Gasteiger partial charge >= 0.3 is 0 Å². The number of nitrogens with one attached hydrogen (secondary N) is 1. The average molecular weight is 518 g/mol. The van der Waals surface area contributed by atoms with E-state index >= 15 is 0 Å². The molecule has 8 heteroatoms. The standard InChI is InChI=1S/C26H24BrN5O2/c1-17-6-2-4-8-21(17)30-23-18(14-28-24-20(27)15-29-32(23)24)25(33)31-12-10-26(11-13-31)16-34-22-9-5-3-7-19(22)26/h2-9,14-15,30H,10-13,16H2,1H3. The van der Waals surface area contributed by atoms with Crippen LogP contribution in [0.4, 0.5) is 11.5 Å². The van der Waals surface area contributed by atoms with Gasteiger partial charge < -0.3 is 15.0 Å². The molecule has 1 spiro atoms. The third-order valence-electron chi connectivity index (χ3n) is 7.08. The first-order chi connectivity index (χ1) is 16.6. The molecule has 0 saturated carbocycles. The van der Waals surface area contributed by atoms with Crippen LogP contribution in [0.1, 0.15) is 34.3 Å². The lowest BCUT2D eigenvalue weighted by atomic mass is 9.74. The Morgan fingerprint density at radius 2 is 1.85 bits per heavy atom. The summed E-state index contributed by atoms with van der Waals surface area (Å²) in [7, 11) is 0. The molecule has 2 aliphatic heterocycles. The van der Waals surface area contributed by atoms with Crippen molar-refractivity contribution in [3.05, 3.63) is 82.1 Å². The van der Waals surface area contributed by atoms with Crippen LogP contribution < -0.4 is 10.1 Å². The van der Waals surface area contributed by atoms with Crippen LogP contribution in [0.5, 0.6) is 5.75 Å². The number of benzene rings is 2. The van der Waals surface area contributed by atoms with Crippen LogP contribution in [-0.4, -0.2) is 45.1 Å². The molecule has 1 saturated heterocycles. The Balaban J connectivity index is 1.32. The number of amides is 1. The lowest BCUT2D eigenvalue weighted by Crippen LogP contribution is -2.46. The minimum Gasteiger partial charge on any atom is -0.492 e. The van der Waals surface area contributed by atoms with E-state index < -0.39 is 0 Å². The molecule has 0 bridgehead atoms. The van der Waals surface area contributed by atoms with Gasteiger partial charge in [0.05, 0.1) is 17.3 Å². The molecule has 0 radical (unpaired) electrons. The van der Waals surface area contributed by atoms with E-state index in [0.717, 1.165) is 34.3 Å². The maximum atomic E-state index is 13.8. The number of likely N-dealkylation sites (tertiary alicyclic amines) is 1. The summed E-state index contributed by atoms with van der Waals surface area (Å²) in [5.74, 6) is 1.55. The SMILES string of the molecule is Cc1ccccc1Nc1c(C(=O)N2CCC3(CC2)COc2ccccc23)cnc2c(Br)cnn12. The number of aromatic nitrogens is 3. The van der Waals surface area contributed by atoms with Crippen molar-refractivity contribution >= 4 is 39.0 Å². The summed E-state index contributed by atoms with van der Waals surface area (Å²) >= 11 is 3.51. The van der Waals surface area contributed by atoms with Crippen molar-refractivity contribution in [1.29, 1.82) is 0 Å². The predicted octanol–water partition coefficient (Wildman–Crippen LogP) is 5.11. The highest BCUT2D eigenvalue weighted by molar-refractivity contribution is 9.10. The molecule has 1 N–H and O–H groups in total. The van der Waals surface area contributed by atoms with E-state index in [1.807, 2.05) is 48.2 Å². The monoisotopic (exact) mass is 517 g/mol. The van der Waals surface area contributed by atoms with Crippen molar-refractivity contribution in [1.82, 2.24) is 19.5 Å². The minimum atomic E-state index is -0.0424.